The number of aliphatic hydroxyl groups is 1. The molecule has 0 aromatic heterocycles. The normalized spacial score (nSPS) is 33.8. The van der Waals surface area contributed by atoms with Gasteiger partial charge in [0.15, 0.2) is 5.96 Å². The number of guanidine groups is 1. The summed E-state index contributed by atoms with van der Waals surface area (Å²) in [6.07, 6.45) is 7.06. The lowest BCUT2D eigenvalue weighted by Gasteiger charge is -2.61. The van der Waals surface area contributed by atoms with Crippen LogP contribution in [0.1, 0.15) is 52.4 Å². The SMILES string of the molecule is CCNC(=NCC1(CCO)CCOC1)NC1CC(OCC)C12CCC2. The average molecular weight is 354 g/mol. The molecular formula is C19H35N3O3. The van der Waals surface area contributed by atoms with E-state index < -0.39 is 0 Å². The fourth-order valence-corrected chi connectivity index (χ4v) is 4.66. The molecule has 3 atom stereocenters. The molecule has 3 fully saturated rings. The Morgan fingerprint density at radius 2 is 2.16 bits per heavy atom. The molecule has 6 heteroatoms. The molecule has 144 valence electrons. The van der Waals surface area contributed by atoms with E-state index in [1.165, 1.54) is 19.3 Å². The van der Waals surface area contributed by atoms with Gasteiger partial charge in [-0.1, -0.05) is 6.42 Å². The molecule has 0 bridgehead atoms. The van der Waals surface area contributed by atoms with Crippen LogP contribution in [0.4, 0.5) is 0 Å². The largest absolute Gasteiger partial charge is 0.396 e. The molecule has 1 spiro atoms. The fraction of sp³-hybridized carbons (Fsp3) is 0.947. The smallest absolute Gasteiger partial charge is 0.191 e. The van der Waals surface area contributed by atoms with Gasteiger partial charge in [-0.05, 0) is 46.0 Å². The van der Waals surface area contributed by atoms with Gasteiger partial charge in [-0.25, -0.2) is 0 Å². The Balaban J connectivity index is 1.61. The predicted octanol–water partition coefficient (Wildman–Crippen LogP) is 1.68. The number of aliphatic imine (C=N–C) groups is 1. The van der Waals surface area contributed by atoms with Crippen molar-refractivity contribution in [1.82, 2.24) is 10.6 Å². The van der Waals surface area contributed by atoms with E-state index in [0.29, 0.717) is 30.7 Å². The molecule has 0 aromatic carbocycles. The summed E-state index contributed by atoms with van der Waals surface area (Å²) in [6, 6.07) is 0.462. The van der Waals surface area contributed by atoms with Gasteiger partial charge in [-0.15, -0.1) is 0 Å². The quantitative estimate of drug-likeness (QED) is 0.457. The first kappa shape index (κ1) is 18.9. The van der Waals surface area contributed by atoms with Gasteiger partial charge in [0.05, 0.1) is 19.3 Å². The van der Waals surface area contributed by atoms with E-state index in [0.717, 1.165) is 45.0 Å². The zero-order chi connectivity index (χ0) is 17.8. The van der Waals surface area contributed by atoms with Crippen molar-refractivity contribution in [3.05, 3.63) is 0 Å². The first-order valence-electron chi connectivity index (χ1n) is 10.0. The van der Waals surface area contributed by atoms with E-state index >= 15 is 0 Å². The lowest BCUT2D eigenvalue weighted by Crippen LogP contribution is -2.68. The van der Waals surface area contributed by atoms with Crippen LogP contribution >= 0.6 is 0 Å². The molecule has 1 aliphatic heterocycles. The average Bonchev–Trinajstić information content (AvgIpc) is 2.99. The molecule has 25 heavy (non-hydrogen) atoms. The van der Waals surface area contributed by atoms with Gasteiger partial charge in [0.2, 0.25) is 0 Å². The maximum atomic E-state index is 9.39. The van der Waals surface area contributed by atoms with Crippen LogP contribution in [0.3, 0.4) is 0 Å². The molecule has 1 saturated heterocycles. The van der Waals surface area contributed by atoms with Crippen molar-refractivity contribution >= 4 is 5.96 Å². The van der Waals surface area contributed by atoms with Crippen LogP contribution in [0.2, 0.25) is 0 Å². The highest BCUT2D eigenvalue weighted by molar-refractivity contribution is 5.80. The van der Waals surface area contributed by atoms with Gasteiger partial charge < -0.3 is 25.2 Å². The lowest BCUT2D eigenvalue weighted by molar-refractivity contribution is -0.168. The molecule has 6 nitrogen and oxygen atoms in total. The summed E-state index contributed by atoms with van der Waals surface area (Å²) >= 11 is 0. The fourth-order valence-electron chi connectivity index (χ4n) is 4.66. The Bertz CT molecular complexity index is 459. The van der Waals surface area contributed by atoms with Crippen molar-refractivity contribution in [2.24, 2.45) is 15.8 Å². The van der Waals surface area contributed by atoms with Crippen molar-refractivity contribution in [2.45, 2.75) is 64.5 Å². The minimum Gasteiger partial charge on any atom is -0.396 e. The van der Waals surface area contributed by atoms with Gasteiger partial charge >= 0.3 is 0 Å². The second-order valence-corrected chi connectivity index (χ2v) is 7.93. The van der Waals surface area contributed by atoms with Crippen molar-refractivity contribution in [1.29, 1.82) is 0 Å². The monoisotopic (exact) mass is 353 g/mol. The second kappa shape index (κ2) is 8.23. The van der Waals surface area contributed by atoms with Crippen LogP contribution in [0, 0.1) is 10.8 Å². The first-order valence-corrected chi connectivity index (χ1v) is 10.0. The molecular weight excluding hydrogens is 318 g/mol. The molecule has 3 aliphatic rings. The molecule has 2 aliphatic carbocycles. The number of hydrogen-bond donors (Lipinski definition) is 3. The summed E-state index contributed by atoms with van der Waals surface area (Å²) in [5.74, 6) is 0.901. The van der Waals surface area contributed by atoms with Gasteiger partial charge in [0.25, 0.3) is 0 Å². The van der Waals surface area contributed by atoms with Crippen LogP contribution in [0.25, 0.3) is 0 Å². The Labute approximate surface area is 151 Å². The minimum absolute atomic E-state index is 0.00126. The summed E-state index contributed by atoms with van der Waals surface area (Å²) < 4.78 is 11.5. The van der Waals surface area contributed by atoms with Crippen molar-refractivity contribution in [3.8, 4) is 0 Å². The van der Waals surface area contributed by atoms with Crippen LogP contribution in [0.15, 0.2) is 4.99 Å². The number of nitrogens with one attached hydrogen (secondary N) is 2. The highest BCUT2D eigenvalue weighted by Crippen LogP contribution is 2.57. The van der Waals surface area contributed by atoms with Gasteiger partial charge in [-0.3, -0.25) is 4.99 Å². The molecule has 3 rings (SSSR count). The van der Waals surface area contributed by atoms with E-state index in [1.54, 1.807) is 0 Å². The number of aliphatic hydroxyl groups excluding tert-OH is 1. The van der Waals surface area contributed by atoms with Crippen molar-refractivity contribution in [3.63, 3.8) is 0 Å². The number of ether oxygens (including phenoxy) is 2. The molecule has 3 N–H and O–H groups in total. The highest BCUT2D eigenvalue weighted by Gasteiger charge is 2.59. The molecule has 1 heterocycles. The molecule has 0 amide bonds. The third kappa shape index (κ3) is 3.81. The molecule has 2 saturated carbocycles. The van der Waals surface area contributed by atoms with Gasteiger partial charge in [-0.2, -0.15) is 0 Å². The van der Waals surface area contributed by atoms with Crippen molar-refractivity contribution in [2.75, 3.05) is 39.5 Å². The topological polar surface area (TPSA) is 75.1 Å². The summed E-state index contributed by atoms with van der Waals surface area (Å²) in [6.45, 7) is 8.23. The zero-order valence-corrected chi connectivity index (χ0v) is 15.9. The first-order chi connectivity index (χ1) is 12.2. The molecule has 0 aromatic rings. The Morgan fingerprint density at radius 1 is 1.32 bits per heavy atom. The minimum atomic E-state index is -0.00126. The number of rotatable bonds is 8. The third-order valence-electron chi connectivity index (χ3n) is 6.49. The van der Waals surface area contributed by atoms with Crippen LogP contribution in [-0.2, 0) is 9.47 Å². The van der Waals surface area contributed by atoms with E-state index in [9.17, 15) is 5.11 Å². The summed E-state index contributed by atoms with van der Waals surface area (Å²) in [5, 5.41) is 16.5. The van der Waals surface area contributed by atoms with Gasteiger partial charge in [0.1, 0.15) is 0 Å². The number of hydrogen-bond acceptors (Lipinski definition) is 4. The van der Waals surface area contributed by atoms with E-state index in [1.807, 2.05) is 0 Å². The summed E-state index contributed by atoms with van der Waals surface area (Å²) in [4.78, 5) is 4.87. The Morgan fingerprint density at radius 3 is 2.72 bits per heavy atom. The van der Waals surface area contributed by atoms with Crippen LogP contribution in [0.5, 0.6) is 0 Å². The predicted molar refractivity (Wildman–Crippen MR) is 98.8 cm³/mol. The van der Waals surface area contributed by atoms with Crippen LogP contribution < -0.4 is 10.6 Å². The maximum Gasteiger partial charge on any atom is 0.191 e. The summed E-state index contributed by atoms with van der Waals surface area (Å²) in [7, 11) is 0. The Hall–Kier alpha value is -0.850. The number of nitrogens with zero attached hydrogens (tertiary/aromatic N) is 1. The van der Waals surface area contributed by atoms with Gasteiger partial charge in [0, 0.05) is 43.2 Å². The van der Waals surface area contributed by atoms with E-state index in [2.05, 4.69) is 24.5 Å². The highest BCUT2D eigenvalue weighted by atomic mass is 16.5. The summed E-state index contributed by atoms with van der Waals surface area (Å²) in [5.41, 5.74) is 0.324. The lowest BCUT2D eigenvalue weighted by atomic mass is 9.51. The van der Waals surface area contributed by atoms with E-state index in [-0.39, 0.29) is 12.0 Å². The van der Waals surface area contributed by atoms with Crippen molar-refractivity contribution < 1.29 is 14.6 Å². The second-order valence-electron chi connectivity index (χ2n) is 7.93. The standard InChI is InChI=1S/C19H35N3O3/c1-3-20-17(21-13-18(8-10-23)9-11-24-14-18)22-15-12-16(25-4-2)19(15)6-5-7-19/h15-16,23H,3-14H2,1-2H3,(H2,20,21,22). The van der Waals surface area contributed by atoms with E-state index in [4.69, 9.17) is 14.5 Å². The van der Waals surface area contributed by atoms with Crippen LogP contribution in [-0.4, -0.2) is 62.7 Å². The molecule has 0 radical (unpaired) electrons. The maximum absolute atomic E-state index is 9.39. The molecule has 3 unspecified atom stereocenters. The Kier molecular flexibility index (Phi) is 6.23. The third-order valence-corrected chi connectivity index (χ3v) is 6.49. The zero-order valence-electron chi connectivity index (χ0n) is 15.9.